The van der Waals surface area contributed by atoms with Crippen LogP contribution in [0.3, 0.4) is 0 Å². The third kappa shape index (κ3) is 12.0. The molecule has 0 bridgehead atoms. The van der Waals surface area contributed by atoms with Crippen molar-refractivity contribution in [1.82, 2.24) is 5.32 Å². The molecular formula is C40H54N4O5. The van der Waals surface area contributed by atoms with Gasteiger partial charge in [-0.3, -0.25) is 9.59 Å². The summed E-state index contributed by atoms with van der Waals surface area (Å²) in [5.41, 5.74) is 10.1. The maximum Gasteiger partial charge on any atom is 0.251 e. The molecule has 0 saturated heterocycles. The summed E-state index contributed by atoms with van der Waals surface area (Å²) in [5, 5.41) is 6.37. The number of methoxy groups -OCH3 is 2. The number of nitrogens with one attached hydrogen (secondary N) is 2. The molecule has 9 heteroatoms. The van der Waals surface area contributed by atoms with Gasteiger partial charge in [0.25, 0.3) is 5.91 Å². The van der Waals surface area contributed by atoms with E-state index in [1.807, 2.05) is 49.4 Å². The molecule has 49 heavy (non-hydrogen) atoms. The second kappa shape index (κ2) is 19.9. The van der Waals surface area contributed by atoms with Gasteiger partial charge in [-0.15, -0.1) is 6.58 Å². The predicted octanol–water partition coefficient (Wildman–Crippen LogP) is 7.03. The van der Waals surface area contributed by atoms with E-state index in [0.717, 1.165) is 42.8 Å². The molecule has 3 unspecified atom stereocenters. The van der Waals surface area contributed by atoms with Crippen LogP contribution in [0.25, 0.3) is 6.08 Å². The summed E-state index contributed by atoms with van der Waals surface area (Å²) in [6, 6.07) is 11.1. The van der Waals surface area contributed by atoms with E-state index >= 15 is 0 Å². The molecule has 264 valence electrons. The van der Waals surface area contributed by atoms with Crippen molar-refractivity contribution in [2.45, 2.75) is 52.5 Å². The minimum Gasteiger partial charge on any atom is -0.497 e. The van der Waals surface area contributed by atoms with E-state index in [1.165, 1.54) is 11.6 Å². The SMILES string of the molecule is C=CC1/C=C\C(OC)=C/COCCN(c2cc(C(=O)NC(C)C(=C)Nc3ccc(/C=C/C(N)=O)c(OC)c3)ccc2CC(CC)CCC)C1. The van der Waals surface area contributed by atoms with Crippen molar-refractivity contribution >= 4 is 29.3 Å². The van der Waals surface area contributed by atoms with Crippen LogP contribution in [0.5, 0.6) is 5.75 Å². The molecule has 3 rings (SSSR count). The van der Waals surface area contributed by atoms with Crippen molar-refractivity contribution in [1.29, 1.82) is 0 Å². The van der Waals surface area contributed by atoms with Crippen molar-refractivity contribution in [3.05, 3.63) is 108 Å². The number of benzene rings is 2. The number of rotatable bonds is 16. The minimum absolute atomic E-state index is 0.0564. The van der Waals surface area contributed by atoms with Crippen LogP contribution in [-0.2, 0) is 20.7 Å². The third-order valence-corrected chi connectivity index (χ3v) is 8.69. The van der Waals surface area contributed by atoms with E-state index in [0.29, 0.717) is 54.8 Å². The standard InChI is InChI=1S/C40H54N4O5/c1-8-11-30(9-2)24-33-13-14-34(25-37(33)44-21-23-49-22-20-36(47-6)18-12-31(10-3)27-44)40(46)43-29(5)28(4)42-35-17-15-32(16-19-39(41)45)38(26-35)48-7/h10,12-20,25-26,29-31,42H,3-4,8-9,11,21-24,27H2,1-2,5-7H3,(H2,41,45)(H,43,46)/b18-12-,19-16+,36-20+. The number of carbonyl (C=O) groups is 2. The van der Waals surface area contributed by atoms with Crippen LogP contribution < -0.4 is 26.0 Å². The maximum absolute atomic E-state index is 13.7. The fraction of sp³-hybridized carbons (Fsp3) is 0.400. The van der Waals surface area contributed by atoms with Gasteiger partial charge >= 0.3 is 0 Å². The fourth-order valence-corrected chi connectivity index (χ4v) is 5.72. The van der Waals surface area contributed by atoms with E-state index in [9.17, 15) is 9.59 Å². The monoisotopic (exact) mass is 670 g/mol. The van der Waals surface area contributed by atoms with Gasteiger partial charge in [-0.2, -0.15) is 0 Å². The second-order valence-corrected chi connectivity index (χ2v) is 12.2. The van der Waals surface area contributed by atoms with E-state index in [-0.39, 0.29) is 11.8 Å². The zero-order chi connectivity index (χ0) is 35.8. The summed E-state index contributed by atoms with van der Waals surface area (Å²) < 4.78 is 16.9. The molecule has 4 N–H and O–H groups in total. The van der Waals surface area contributed by atoms with Gasteiger partial charge in [0.15, 0.2) is 0 Å². The first-order chi connectivity index (χ1) is 23.6. The molecule has 0 aliphatic carbocycles. The van der Waals surface area contributed by atoms with Gasteiger partial charge < -0.3 is 35.5 Å². The van der Waals surface area contributed by atoms with Crippen LogP contribution in [0.15, 0.2) is 91.4 Å². The zero-order valence-corrected chi connectivity index (χ0v) is 29.8. The van der Waals surface area contributed by atoms with Gasteiger partial charge in [0.2, 0.25) is 5.91 Å². The molecule has 9 nitrogen and oxygen atoms in total. The fourth-order valence-electron chi connectivity index (χ4n) is 5.72. The number of primary amides is 1. The summed E-state index contributed by atoms with van der Waals surface area (Å²) in [5.74, 6) is 1.18. The van der Waals surface area contributed by atoms with Crippen LogP contribution in [-0.4, -0.2) is 58.4 Å². The lowest BCUT2D eigenvalue weighted by Crippen LogP contribution is -2.36. The summed E-state index contributed by atoms with van der Waals surface area (Å²) in [6.07, 6.45) is 15.1. The van der Waals surface area contributed by atoms with Crippen molar-refractivity contribution in [3.63, 3.8) is 0 Å². The van der Waals surface area contributed by atoms with Crippen molar-refractivity contribution in [2.24, 2.45) is 17.6 Å². The lowest BCUT2D eigenvalue weighted by molar-refractivity contribution is -0.113. The predicted molar refractivity (Wildman–Crippen MR) is 201 cm³/mol. The molecule has 0 aromatic heterocycles. The first kappa shape index (κ1) is 38.7. The Labute approximate surface area is 292 Å². The average Bonchev–Trinajstić information content (AvgIpc) is 3.14. The summed E-state index contributed by atoms with van der Waals surface area (Å²) >= 11 is 0. The number of anilines is 2. The number of hydrogen-bond acceptors (Lipinski definition) is 7. The molecule has 1 aliphatic heterocycles. The highest BCUT2D eigenvalue weighted by atomic mass is 16.5. The van der Waals surface area contributed by atoms with Gasteiger partial charge in [0.05, 0.1) is 33.5 Å². The number of amides is 2. The van der Waals surface area contributed by atoms with Gasteiger partial charge in [0.1, 0.15) is 11.5 Å². The van der Waals surface area contributed by atoms with E-state index in [4.69, 9.17) is 19.9 Å². The molecular weight excluding hydrogens is 616 g/mol. The Hall–Kier alpha value is -4.76. The van der Waals surface area contributed by atoms with Crippen molar-refractivity contribution in [3.8, 4) is 5.75 Å². The maximum atomic E-state index is 13.7. The molecule has 2 aromatic carbocycles. The van der Waals surface area contributed by atoms with Gasteiger partial charge in [-0.05, 0) is 67.3 Å². The summed E-state index contributed by atoms with van der Waals surface area (Å²) in [7, 11) is 3.21. The lowest BCUT2D eigenvalue weighted by atomic mass is 9.91. The Kier molecular flexibility index (Phi) is 15.7. The Morgan fingerprint density at radius 3 is 2.63 bits per heavy atom. The summed E-state index contributed by atoms with van der Waals surface area (Å²) in [6.45, 7) is 16.9. The van der Waals surface area contributed by atoms with Gasteiger partial charge in [0, 0.05) is 59.3 Å². The number of allylic oxidation sites excluding steroid dienone is 1. The molecule has 3 atom stereocenters. The Morgan fingerprint density at radius 1 is 1.16 bits per heavy atom. The smallest absolute Gasteiger partial charge is 0.251 e. The molecule has 0 fully saturated rings. The van der Waals surface area contributed by atoms with Gasteiger partial charge in [-0.1, -0.05) is 57.9 Å². The minimum atomic E-state index is -0.542. The number of hydrogen-bond donors (Lipinski definition) is 3. The van der Waals surface area contributed by atoms with E-state index in [2.05, 4.69) is 54.7 Å². The number of nitrogens with zero attached hydrogens (tertiary/aromatic N) is 1. The van der Waals surface area contributed by atoms with E-state index in [1.54, 1.807) is 26.4 Å². The average molecular weight is 671 g/mol. The highest BCUT2D eigenvalue weighted by Crippen LogP contribution is 2.30. The number of carbonyl (C=O) groups excluding carboxylic acids is 2. The largest absolute Gasteiger partial charge is 0.497 e. The summed E-state index contributed by atoms with van der Waals surface area (Å²) in [4.78, 5) is 27.2. The Bertz CT molecular complexity index is 1530. The molecule has 1 aliphatic rings. The van der Waals surface area contributed by atoms with Crippen LogP contribution in [0.2, 0.25) is 0 Å². The normalized spacial score (nSPS) is 18.3. The second-order valence-electron chi connectivity index (χ2n) is 12.2. The first-order valence-corrected chi connectivity index (χ1v) is 17.0. The Morgan fingerprint density at radius 2 is 1.96 bits per heavy atom. The number of nitrogens with two attached hydrogens (primary N) is 1. The van der Waals surface area contributed by atoms with Crippen LogP contribution in [0.1, 0.15) is 61.5 Å². The Balaban J connectivity index is 1.86. The van der Waals surface area contributed by atoms with Crippen LogP contribution >= 0.6 is 0 Å². The molecule has 2 amide bonds. The molecule has 1 heterocycles. The lowest BCUT2D eigenvalue weighted by Gasteiger charge is -2.30. The number of ether oxygens (including phenoxy) is 3. The van der Waals surface area contributed by atoms with E-state index < -0.39 is 11.9 Å². The van der Waals surface area contributed by atoms with Crippen LogP contribution in [0, 0.1) is 11.8 Å². The molecule has 0 spiro atoms. The van der Waals surface area contributed by atoms with Gasteiger partial charge in [-0.25, -0.2) is 0 Å². The first-order valence-electron chi connectivity index (χ1n) is 17.0. The third-order valence-electron chi connectivity index (χ3n) is 8.69. The topological polar surface area (TPSA) is 115 Å². The molecule has 0 saturated carbocycles. The van der Waals surface area contributed by atoms with Crippen molar-refractivity contribution in [2.75, 3.05) is 50.7 Å². The molecule has 0 radical (unpaired) electrons. The highest BCUT2D eigenvalue weighted by Gasteiger charge is 2.21. The van der Waals surface area contributed by atoms with Crippen LogP contribution in [0.4, 0.5) is 11.4 Å². The zero-order valence-electron chi connectivity index (χ0n) is 29.8. The molecule has 2 aromatic rings. The van der Waals surface area contributed by atoms with Crippen molar-refractivity contribution < 1.29 is 23.8 Å². The quantitative estimate of drug-likeness (QED) is 0.130. The highest BCUT2D eigenvalue weighted by molar-refractivity contribution is 5.96.